The number of rotatable bonds is 5. The molecule has 0 fully saturated rings. The topological polar surface area (TPSA) is 35.5 Å². The van der Waals surface area contributed by atoms with E-state index in [1.54, 1.807) is 13.0 Å². The molecule has 1 aromatic rings. The zero-order valence-corrected chi connectivity index (χ0v) is 10.2. The lowest BCUT2D eigenvalue weighted by Crippen LogP contribution is -2.14. The van der Waals surface area contributed by atoms with Crippen molar-refractivity contribution in [1.29, 1.82) is 0 Å². The Kier molecular flexibility index (Phi) is 5.29. The number of carbonyl (C=O) groups is 1. The van der Waals surface area contributed by atoms with Gasteiger partial charge >= 0.3 is 5.97 Å². The Morgan fingerprint density at radius 2 is 2.12 bits per heavy atom. The van der Waals surface area contributed by atoms with Gasteiger partial charge in [0.1, 0.15) is 6.61 Å². The summed E-state index contributed by atoms with van der Waals surface area (Å²) in [7, 11) is 0. The Morgan fingerprint density at radius 3 is 2.75 bits per heavy atom. The molecule has 0 amide bonds. The molecule has 0 saturated carbocycles. The fourth-order valence-electron chi connectivity index (χ4n) is 1.29. The van der Waals surface area contributed by atoms with Crippen molar-refractivity contribution in [2.45, 2.75) is 20.0 Å². The van der Waals surface area contributed by atoms with Gasteiger partial charge in [0.25, 0.3) is 0 Å². The first kappa shape index (κ1) is 13.0. The van der Waals surface area contributed by atoms with Crippen LogP contribution in [0.3, 0.4) is 0 Å². The van der Waals surface area contributed by atoms with Gasteiger partial charge in [-0.25, -0.2) is 4.79 Å². The summed E-state index contributed by atoms with van der Waals surface area (Å²) in [5.41, 5.74) is 0.869. The highest BCUT2D eigenvalue weighted by Gasteiger charge is 2.11. The number of carbonyl (C=O) groups excluding carboxylic acids is 1. The number of ether oxygens (including phenoxy) is 2. The van der Waals surface area contributed by atoms with Gasteiger partial charge in [0, 0.05) is 5.02 Å². The summed E-state index contributed by atoms with van der Waals surface area (Å²) in [6.45, 7) is 3.92. The number of benzene rings is 1. The Labute approximate surface area is 100 Å². The second-order valence-electron chi connectivity index (χ2n) is 3.28. The van der Waals surface area contributed by atoms with E-state index in [1.165, 1.54) is 0 Å². The van der Waals surface area contributed by atoms with Gasteiger partial charge in [0.05, 0.1) is 12.7 Å². The quantitative estimate of drug-likeness (QED) is 0.745. The zero-order chi connectivity index (χ0) is 12.0. The molecule has 0 spiro atoms. The van der Waals surface area contributed by atoms with Crippen molar-refractivity contribution in [2.24, 2.45) is 0 Å². The largest absolute Gasteiger partial charge is 0.464 e. The van der Waals surface area contributed by atoms with E-state index in [4.69, 9.17) is 21.1 Å². The molecule has 0 aliphatic heterocycles. The van der Waals surface area contributed by atoms with E-state index >= 15 is 0 Å². The van der Waals surface area contributed by atoms with Crippen molar-refractivity contribution >= 4 is 17.6 Å². The third-order valence-corrected chi connectivity index (χ3v) is 2.44. The summed E-state index contributed by atoms with van der Waals surface area (Å²) in [5, 5.41) is 0.638. The smallest absolute Gasteiger partial charge is 0.332 e. The average Bonchev–Trinajstić information content (AvgIpc) is 2.27. The molecule has 1 rings (SSSR count). The van der Waals surface area contributed by atoms with Gasteiger partial charge in [-0.15, -0.1) is 0 Å². The van der Waals surface area contributed by atoms with Crippen molar-refractivity contribution in [3.8, 4) is 0 Å². The minimum absolute atomic E-state index is 0.0553. The third kappa shape index (κ3) is 3.83. The van der Waals surface area contributed by atoms with Gasteiger partial charge in [-0.3, -0.25) is 0 Å². The average molecular weight is 243 g/mol. The molecule has 16 heavy (non-hydrogen) atoms. The van der Waals surface area contributed by atoms with Crippen LogP contribution in [0.5, 0.6) is 0 Å². The number of esters is 1. The van der Waals surface area contributed by atoms with Crippen LogP contribution in [-0.4, -0.2) is 19.2 Å². The van der Waals surface area contributed by atoms with E-state index in [9.17, 15) is 4.79 Å². The minimum atomic E-state index is -0.360. The second-order valence-corrected chi connectivity index (χ2v) is 3.69. The van der Waals surface area contributed by atoms with Crippen LogP contribution in [0.1, 0.15) is 25.5 Å². The molecule has 0 N–H and O–H groups in total. The van der Waals surface area contributed by atoms with Gasteiger partial charge in [-0.05, 0) is 25.5 Å². The van der Waals surface area contributed by atoms with E-state index in [1.807, 2.05) is 25.1 Å². The lowest BCUT2D eigenvalue weighted by molar-refractivity contribution is -0.150. The zero-order valence-electron chi connectivity index (χ0n) is 9.40. The number of halogens is 1. The molecule has 0 aliphatic rings. The first-order valence-electron chi connectivity index (χ1n) is 5.16. The van der Waals surface area contributed by atoms with Crippen LogP contribution in [0.15, 0.2) is 24.3 Å². The normalized spacial score (nSPS) is 12.2. The molecule has 1 aromatic carbocycles. The van der Waals surface area contributed by atoms with Crippen molar-refractivity contribution in [3.63, 3.8) is 0 Å². The minimum Gasteiger partial charge on any atom is -0.464 e. The van der Waals surface area contributed by atoms with Gasteiger partial charge in [-0.2, -0.15) is 0 Å². The molecule has 0 heterocycles. The van der Waals surface area contributed by atoms with Gasteiger partial charge in [0.15, 0.2) is 0 Å². The predicted molar refractivity (Wildman–Crippen MR) is 62.5 cm³/mol. The van der Waals surface area contributed by atoms with Crippen molar-refractivity contribution in [3.05, 3.63) is 34.9 Å². The van der Waals surface area contributed by atoms with Crippen LogP contribution in [-0.2, 0) is 14.3 Å². The second kappa shape index (κ2) is 6.51. The van der Waals surface area contributed by atoms with Crippen LogP contribution in [0.25, 0.3) is 0 Å². The molecule has 4 heteroatoms. The molecule has 3 nitrogen and oxygen atoms in total. The summed E-state index contributed by atoms with van der Waals surface area (Å²) in [6, 6.07) is 7.40. The van der Waals surface area contributed by atoms with E-state index in [-0.39, 0.29) is 18.7 Å². The van der Waals surface area contributed by atoms with Crippen LogP contribution < -0.4 is 0 Å². The number of hydrogen-bond acceptors (Lipinski definition) is 3. The summed E-state index contributed by atoms with van der Waals surface area (Å²) < 4.78 is 10.1. The van der Waals surface area contributed by atoms with Crippen LogP contribution in [0.2, 0.25) is 5.02 Å². The molecule has 1 unspecified atom stereocenters. The maximum Gasteiger partial charge on any atom is 0.332 e. The molecular weight excluding hydrogens is 228 g/mol. The Morgan fingerprint density at radius 1 is 1.44 bits per heavy atom. The fourth-order valence-corrected chi connectivity index (χ4v) is 1.58. The monoisotopic (exact) mass is 242 g/mol. The highest BCUT2D eigenvalue weighted by atomic mass is 35.5. The molecule has 0 aromatic heterocycles. The van der Waals surface area contributed by atoms with Crippen molar-refractivity contribution in [2.75, 3.05) is 13.2 Å². The highest BCUT2D eigenvalue weighted by molar-refractivity contribution is 6.31. The Bertz CT molecular complexity index is 352. The molecule has 0 saturated heterocycles. The lowest BCUT2D eigenvalue weighted by Gasteiger charge is -2.14. The van der Waals surface area contributed by atoms with Crippen LogP contribution in [0, 0.1) is 0 Å². The Hall–Kier alpha value is -1.06. The number of hydrogen-bond donors (Lipinski definition) is 0. The van der Waals surface area contributed by atoms with Crippen molar-refractivity contribution < 1.29 is 14.3 Å². The lowest BCUT2D eigenvalue weighted by atomic mass is 10.1. The van der Waals surface area contributed by atoms with Crippen molar-refractivity contribution in [1.82, 2.24) is 0 Å². The first-order chi connectivity index (χ1) is 7.65. The standard InChI is InChI=1S/C12H15ClO3/c1-3-15-12(14)8-16-9(2)10-6-4-5-7-11(10)13/h4-7,9H,3,8H2,1-2H3. The fraction of sp³-hybridized carbons (Fsp3) is 0.417. The molecule has 0 bridgehead atoms. The van der Waals surface area contributed by atoms with E-state index < -0.39 is 0 Å². The molecular formula is C12H15ClO3. The molecule has 0 aliphatic carbocycles. The Balaban J connectivity index is 2.50. The molecule has 0 radical (unpaired) electrons. The van der Waals surface area contributed by atoms with E-state index in [0.717, 1.165) is 5.56 Å². The first-order valence-corrected chi connectivity index (χ1v) is 5.54. The summed E-state index contributed by atoms with van der Waals surface area (Å²) in [5.74, 6) is -0.360. The highest BCUT2D eigenvalue weighted by Crippen LogP contribution is 2.24. The van der Waals surface area contributed by atoms with Gasteiger partial charge in [0.2, 0.25) is 0 Å². The third-order valence-electron chi connectivity index (χ3n) is 2.10. The van der Waals surface area contributed by atoms with E-state index in [2.05, 4.69) is 0 Å². The summed E-state index contributed by atoms with van der Waals surface area (Å²) in [4.78, 5) is 11.1. The maximum atomic E-state index is 11.1. The SMILES string of the molecule is CCOC(=O)COC(C)c1ccccc1Cl. The van der Waals surface area contributed by atoms with Crippen LogP contribution >= 0.6 is 11.6 Å². The molecule has 1 atom stereocenters. The van der Waals surface area contributed by atoms with E-state index in [0.29, 0.717) is 11.6 Å². The summed E-state index contributed by atoms with van der Waals surface area (Å²) >= 11 is 6.00. The van der Waals surface area contributed by atoms with Crippen LogP contribution in [0.4, 0.5) is 0 Å². The molecule has 88 valence electrons. The maximum absolute atomic E-state index is 11.1. The predicted octanol–water partition coefficient (Wildman–Crippen LogP) is 2.98. The van der Waals surface area contributed by atoms with Gasteiger partial charge in [-0.1, -0.05) is 29.8 Å². The van der Waals surface area contributed by atoms with Gasteiger partial charge < -0.3 is 9.47 Å². The summed E-state index contributed by atoms with van der Waals surface area (Å²) in [6.07, 6.45) is -0.224.